The van der Waals surface area contributed by atoms with Crippen molar-refractivity contribution in [1.29, 1.82) is 0 Å². The highest BCUT2D eigenvalue weighted by Gasteiger charge is 2.42. The summed E-state index contributed by atoms with van der Waals surface area (Å²) in [5.41, 5.74) is 3.53. The van der Waals surface area contributed by atoms with Crippen molar-refractivity contribution in [2.75, 3.05) is 26.8 Å². The number of piperidine rings is 1. The molecule has 2 aliphatic heterocycles. The Labute approximate surface area is 181 Å². The largest absolute Gasteiger partial charge is 0.495 e. The summed E-state index contributed by atoms with van der Waals surface area (Å²) in [7, 11) is 3.77. The van der Waals surface area contributed by atoms with Crippen LogP contribution in [0.4, 0.5) is 0 Å². The number of rotatable bonds is 4. The minimum Gasteiger partial charge on any atom is -0.495 e. The zero-order chi connectivity index (χ0) is 20.7. The Morgan fingerprint density at radius 3 is 2.70 bits per heavy atom. The maximum Gasteiger partial charge on any atom is 0.137 e. The molecule has 2 aliphatic rings. The van der Waals surface area contributed by atoms with Crippen LogP contribution >= 0.6 is 11.3 Å². The molecular formula is C23H28N4O2S. The monoisotopic (exact) mass is 424 g/mol. The van der Waals surface area contributed by atoms with Gasteiger partial charge in [-0.15, -0.1) is 11.3 Å². The van der Waals surface area contributed by atoms with Crippen LogP contribution < -0.4 is 4.74 Å². The number of methoxy groups -OCH3 is 1. The molecule has 158 valence electrons. The number of hydrogen-bond acceptors (Lipinski definition) is 6. The molecule has 0 saturated carbocycles. The lowest BCUT2D eigenvalue weighted by molar-refractivity contribution is -0.0982. The molecule has 5 rings (SSSR count). The van der Waals surface area contributed by atoms with Gasteiger partial charge >= 0.3 is 0 Å². The molecule has 0 atom stereocenters. The van der Waals surface area contributed by atoms with E-state index in [2.05, 4.69) is 39.5 Å². The molecule has 0 radical (unpaired) electrons. The average Bonchev–Trinajstić information content (AvgIpc) is 3.35. The van der Waals surface area contributed by atoms with Crippen molar-refractivity contribution in [3.8, 4) is 16.3 Å². The molecule has 0 aliphatic carbocycles. The summed E-state index contributed by atoms with van der Waals surface area (Å²) in [6, 6.07) is 6.35. The quantitative estimate of drug-likeness (QED) is 0.635. The van der Waals surface area contributed by atoms with Crippen molar-refractivity contribution in [2.24, 2.45) is 7.05 Å². The Bertz CT molecular complexity index is 1030. The van der Waals surface area contributed by atoms with Crippen LogP contribution in [-0.2, 0) is 30.4 Å². The fourth-order valence-corrected chi connectivity index (χ4v) is 5.81. The standard InChI is InChI=1S/C23H28N4O2S/c1-16-24-13-17(26(16)2)15-27-9-7-23(8-10-27)19-12-22(30-21(19)6-11-29-23)20-5-4-18(28-3)14-25-20/h4-5,12-14H,6-11,15H2,1-3H3. The van der Waals surface area contributed by atoms with Gasteiger partial charge in [-0.1, -0.05) is 0 Å². The molecule has 0 N–H and O–H groups in total. The predicted molar refractivity (Wildman–Crippen MR) is 118 cm³/mol. The van der Waals surface area contributed by atoms with Gasteiger partial charge in [-0.25, -0.2) is 4.98 Å². The van der Waals surface area contributed by atoms with Gasteiger partial charge in [0.05, 0.1) is 41.8 Å². The van der Waals surface area contributed by atoms with Gasteiger partial charge < -0.3 is 14.0 Å². The van der Waals surface area contributed by atoms with Gasteiger partial charge in [0.25, 0.3) is 0 Å². The first-order chi connectivity index (χ1) is 14.6. The molecular weight excluding hydrogens is 396 g/mol. The summed E-state index contributed by atoms with van der Waals surface area (Å²) >= 11 is 1.87. The second-order valence-electron chi connectivity index (χ2n) is 8.26. The van der Waals surface area contributed by atoms with Crippen molar-refractivity contribution in [2.45, 2.75) is 38.3 Å². The number of likely N-dealkylation sites (tertiary alicyclic amines) is 1. The highest BCUT2D eigenvalue weighted by molar-refractivity contribution is 7.15. The smallest absolute Gasteiger partial charge is 0.137 e. The van der Waals surface area contributed by atoms with E-state index >= 15 is 0 Å². The molecule has 0 amide bonds. The third-order valence-electron chi connectivity index (χ3n) is 6.60. The number of nitrogens with zero attached hydrogens (tertiary/aromatic N) is 4. The van der Waals surface area contributed by atoms with Gasteiger partial charge in [0.1, 0.15) is 11.6 Å². The number of fused-ring (bicyclic) bond motifs is 2. The fraction of sp³-hybridized carbons (Fsp3) is 0.478. The van der Waals surface area contributed by atoms with Crippen molar-refractivity contribution < 1.29 is 9.47 Å². The van der Waals surface area contributed by atoms with Gasteiger partial charge in [-0.05, 0) is 43.5 Å². The third-order valence-corrected chi connectivity index (χ3v) is 7.82. The molecule has 0 unspecified atom stereocenters. The van der Waals surface area contributed by atoms with E-state index in [4.69, 9.17) is 9.47 Å². The number of pyridine rings is 1. The zero-order valence-electron chi connectivity index (χ0n) is 17.9. The summed E-state index contributed by atoms with van der Waals surface area (Å²) < 4.78 is 13.9. The normalized spacial score (nSPS) is 18.5. The molecule has 3 aromatic rings. The second kappa shape index (κ2) is 7.80. The number of imidazole rings is 1. The number of aromatic nitrogens is 3. The van der Waals surface area contributed by atoms with Gasteiger partial charge in [0, 0.05) is 44.2 Å². The average molecular weight is 425 g/mol. The Hall–Kier alpha value is -2.22. The first kappa shape index (κ1) is 19.7. The van der Waals surface area contributed by atoms with E-state index in [1.165, 1.54) is 21.0 Å². The topological polar surface area (TPSA) is 52.4 Å². The minimum absolute atomic E-state index is 0.145. The van der Waals surface area contributed by atoms with Gasteiger partial charge in [0.2, 0.25) is 0 Å². The Morgan fingerprint density at radius 1 is 1.20 bits per heavy atom. The Kier molecular flexibility index (Phi) is 5.13. The van der Waals surface area contributed by atoms with E-state index in [-0.39, 0.29) is 5.60 Å². The van der Waals surface area contributed by atoms with Gasteiger partial charge in [-0.3, -0.25) is 9.88 Å². The van der Waals surface area contributed by atoms with E-state index in [0.29, 0.717) is 0 Å². The second-order valence-corrected chi connectivity index (χ2v) is 9.39. The van der Waals surface area contributed by atoms with Crippen LogP contribution in [0.1, 0.15) is 34.8 Å². The Balaban J connectivity index is 1.34. The van der Waals surface area contributed by atoms with E-state index < -0.39 is 0 Å². The maximum absolute atomic E-state index is 6.47. The highest BCUT2D eigenvalue weighted by Crippen LogP contribution is 2.46. The van der Waals surface area contributed by atoms with E-state index in [1.807, 2.05) is 29.7 Å². The van der Waals surface area contributed by atoms with Crippen LogP contribution in [0.25, 0.3) is 10.6 Å². The van der Waals surface area contributed by atoms with Crippen molar-refractivity contribution in [1.82, 2.24) is 19.4 Å². The van der Waals surface area contributed by atoms with Crippen LogP contribution in [0.5, 0.6) is 5.75 Å². The van der Waals surface area contributed by atoms with Crippen LogP contribution in [0.15, 0.2) is 30.6 Å². The maximum atomic E-state index is 6.47. The summed E-state index contributed by atoms with van der Waals surface area (Å²) in [4.78, 5) is 14.2. The highest BCUT2D eigenvalue weighted by atomic mass is 32.1. The van der Waals surface area contributed by atoms with Crippen molar-refractivity contribution >= 4 is 11.3 Å². The number of ether oxygens (including phenoxy) is 2. The van der Waals surface area contributed by atoms with Crippen LogP contribution in [0.2, 0.25) is 0 Å². The SMILES string of the molecule is COc1ccc(-c2cc3c(s2)CCOC32CCN(Cc3cnc(C)n3C)CC2)nc1. The molecule has 1 fully saturated rings. The Morgan fingerprint density at radius 2 is 2.03 bits per heavy atom. The molecule has 0 aromatic carbocycles. The molecule has 1 saturated heterocycles. The number of thiophene rings is 1. The first-order valence-corrected chi connectivity index (χ1v) is 11.4. The molecule has 0 bridgehead atoms. The lowest BCUT2D eigenvalue weighted by Gasteiger charge is -2.44. The minimum atomic E-state index is -0.145. The summed E-state index contributed by atoms with van der Waals surface area (Å²) in [5.74, 6) is 1.85. The van der Waals surface area contributed by atoms with Crippen LogP contribution in [0.3, 0.4) is 0 Å². The molecule has 7 heteroatoms. The number of hydrogen-bond donors (Lipinski definition) is 0. The van der Waals surface area contributed by atoms with E-state index in [1.54, 1.807) is 13.3 Å². The predicted octanol–water partition coefficient (Wildman–Crippen LogP) is 3.92. The summed E-state index contributed by atoms with van der Waals surface area (Å²) in [5, 5.41) is 0. The van der Waals surface area contributed by atoms with Crippen molar-refractivity contribution in [3.63, 3.8) is 0 Å². The van der Waals surface area contributed by atoms with E-state index in [9.17, 15) is 0 Å². The van der Waals surface area contributed by atoms with Crippen LogP contribution in [0, 0.1) is 6.92 Å². The van der Waals surface area contributed by atoms with Gasteiger partial charge in [-0.2, -0.15) is 0 Å². The molecule has 30 heavy (non-hydrogen) atoms. The molecule has 6 nitrogen and oxygen atoms in total. The zero-order valence-corrected chi connectivity index (χ0v) is 18.7. The van der Waals surface area contributed by atoms with E-state index in [0.717, 1.165) is 62.8 Å². The van der Waals surface area contributed by atoms with Crippen molar-refractivity contribution in [3.05, 3.63) is 52.6 Å². The molecule has 5 heterocycles. The third kappa shape index (κ3) is 3.45. The van der Waals surface area contributed by atoms with Crippen LogP contribution in [-0.4, -0.2) is 46.2 Å². The summed E-state index contributed by atoms with van der Waals surface area (Å²) in [6.45, 7) is 5.89. The number of aryl methyl sites for hydroxylation is 1. The fourth-order valence-electron chi connectivity index (χ4n) is 4.60. The first-order valence-electron chi connectivity index (χ1n) is 10.5. The summed E-state index contributed by atoms with van der Waals surface area (Å²) in [6.07, 6.45) is 6.85. The molecule has 3 aromatic heterocycles. The van der Waals surface area contributed by atoms with Gasteiger partial charge in [0.15, 0.2) is 0 Å². The molecule has 1 spiro atoms. The lowest BCUT2D eigenvalue weighted by atomic mass is 9.82. The lowest BCUT2D eigenvalue weighted by Crippen LogP contribution is -2.46.